The van der Waals surface area contributed by atoms with Crippen LogP contribution in [0.25, 0.3) is 0 Å². The summed E-state index contributed by atoms with van der Waals surface area (Å²) in [5.74, 6) is -0.918. The number of carbonyl (C=O) groups is 3. The highest BCUT2D eigenvalue weighted by Crippen LogP contribution is 2.56. The molecule has 6 heterocycles. The Morgan fingerprint density at radius 3 is 2.15 bits per heavy atom. The predicted octanol–water partition coefficient (Wildman–Crippen LogP) is 5.84. The van der Waals surface area contributed by atoms with Gasteiger partial charge < -0.3 is 67.3 Å². The molecule has 1 amide bonds. The number of nitrogens with one attached hydrogen (secondary N) is 2. The van der Waals surface area contributed by atoms with Crippen molar-refractivity contribution in [2.24, 2.45) is 0 Å². The average molecular weight is 1280 g/mol. The number of ether oxygens (including phenoxy) is 8. The number of halogens is 2. The summed E-state index contributed by atoms with van der Waals surface area (Å²) in [5.41, 5.74) is -2.07. The maximum Gasteiger partial charge on any atom is 0.530 e. The molecule has 0 bridgehead atoms. The quantitative estimate of drug-likeness (QED) is 0.0303. The molecule has 5 aromatic rings. The molecule has 462 valence electrons. The van der Waals surface area contributed by atoms with Gasteiger partial charge in [-0.2, -0.15) is 10.2 Å². The van der Waals surface area contributed by atoms with Crippen molar-refractivity contribution in [1.82, 2.24) is 19.1 Å². The van der Waals surface area contributed by atoms with Gasteiger partial charge in [0.1, 0.15) is 66.0 Å². The summed E-state index contributed by atoms with van der Waals surface area (Å²) in [5, 5.41) is 31.4. The summed E-state index contributed by atoms with van der Waals surface area (Å²) in [7, 11) is -6.68. The summed E-state index contributed by atoms with van der Waals surface area (Å²) < 4.78 is 98.3. The first-order chi connectivity index (χ1) is 41.3. The Hall–Kier alpha value is -6.64. The normalized spacial score (nSPS) is 25.2. The summed E-state index contributed by atoms with van der Waals surface area (Å²) in [4.78, 5) is 80.2. The number of Topliss-reactive ketones (excluding diaryl/α,β-unsaturated/α-hetero) is 1. The number of nitrogens with zero attached hydrogens (tertiary/aromatic N) is 4. The molecule has 4 N–H and O–H groups in total. The number of methoxy groups -OCH3 is 1. The number of ketones is 1. The topological polar surface area (TPSA) is 362 Å². The van der Waals surface area contributed by atoms with Crippen LogP contribution in [0.5, 0.6) is 17.2 Å². The lowest BCUT2D eigenvalue weighted by molar-refractivity contribution is -0.188. The van der Waals surface area contributed by atoms with Gasteiger partial charge in [0.2, 0.25) is 5.34 Å². The van der Waals surface area contributed by atoms with Crippen LogP contribution in [0.15, 0.2) is 112 Å². The molecule has 0 saturated carbocycles. The van der Waals surface area contributed by atoms with Gasteiger partial charge in [-0.1, -0.05) is 47.5 Å². The fourth-order valence-electron chi connectivity index (χ4n) is 9.08. The minimum Gasteiger partial charge on any atom is -0.497 e. The van der Waals surface area contributed by atoms with Gasteiger partial charge in [-0.25, -0.2) is 14.2 Å². The molecule has 4 fully saturated rings. The minimum atomic E-state index is -4.64. The molecule has 4 aliphatic heterocycles. The first-order valence-electron chi connectivity index (χ1n) is 26.7. The Balaban J connectivity index is 0.000000224. The van der Waals surface area contributed by atoms with E-state index < -0.39 is 119 Å². The summed E-state index contributed by atoms with van der Waals surface area (Å²) >= 11 is 12.4. The fourth-order valence-corrected chi connectivity index (χ4v) is 12.4. The number of aliphatic hydroxyl groups excluding tert-OH is 1. The fraction of sp³-hybridized carbons (Fsp3) is 0.444. The van der Waals surface area contributed by atoms with E-state index >= 15 is 0 Å². The lowest BCUT2D eigenvalue weighted by Crippen LogP contribution is -2.49. The zero-order valence-corrected chi connectivity index (χ0v) is 49.4. The number of esters is 1. The third-order valence-corrected chi connectivity index (χ3v) is 17.1. The molecule has 4 saturated heterocycles. The summed E-state index contributed by atoms with van der Waals surface area (Å²) in [6.45, 7) is 0.524. The molecular formula is C54H60Cl2N6O22P2. The van der Waals surface area contributed by atoms with Crippen molar-refractivity contribution in [3.63, 3.8) is 0 Å². The molecule has 0 spiro atoms. The highest BCUT2D eigenvalue weighted by Gasteiger charge is 2.63. The van der Waals surface area contributed by atoms with Crippen molar-refractivity contribution < 1.29 is 89.7 Å². The highest BCUT2D eigenvalue weighted by atomic mass is 35.5. The van der Waals surface area contributed by atoms with E-state index in [4.69, 9.17) is 84.5 Å². The number of nitriles is 1. The van der Waals surface area contributed by atoms with Crippen LogP contribution in [0.2, 0.25) is 10.0 Å². The summed E-state index contributed by atoms with van der Waals surface area (Å²) in [6, 6.07) is 23.0. The second-order valence-electron chi connectivity index (χ2n) is 19.3. The molecule has 2 aromatic heterocycles. The van der Waals surface area contributed by atoms with Crippen LogP contribution < -0.4 is 36.0 Å². The van der Waals surface area contributed by atoms with Gasteiger partial charge in [-0.05, 0) is 74.4 Å². The highest BCUT2D eigenvalue weighted by molar-refractivity contribution is 7.49. The molecular weight excluding hydrogens is 1220 g/mol. The van der Waals surface area contributed by atoms with Crippen LogP contribution in [-0.2, 0) is 60.9 Å². The zero-order valence-electron chi connectivity index (χ0n) is 46.0. The van der Waals surface area contributed by atoms with E-state index in [9.17, 15) is 48.1 Å². The van der Waals surface area contributed by atoms with Crippen molar-refractivity contribution in [3.05, 3.63) is 144 Å². The van der Waals surface area contributed by atoms with Gasteiger partial charge in [0, 0.05) is 56.5 Å². The lowest BCUT2D eigenvalue weighted by Gasteiger charge is -2.33. The SMILES string of the molecule is CC(=O)CCC(=O)OC[C@H]1O[C@@H](n2ccc(=O)[nH]c2=O)[C@H](OC2CCCO2)[C@@H]1OP(=O)(OCCC#N)Oc1ccccc1Cl.COc1ccc(C(=O)Nc2ccn([C@@H]3O[C@H](CO)[C@](O)([PH](=O)Oc4ccccc4Cl)[C@H]3OC3CCCO3)c(=O)n2)cc1. The largest absolute Gasteiger partial charge is 0.530 e. The van der Waals surface area contributed by atoms with E-state index in [0.29, 0.717) is 50.2 Å². The first-order valence-corrected chi connectivity index (χ1v) is 30.3. The maximum absolute atomic E-state index is 14.1. The zero-order chi connectivity index (χ0) is 61.5. The number of aliphatic hydroxyl groups is 2. The van der Waals surface area contributed by atoms with Gasteiger partial charge in [0.25, 0.3) is 19.5 Å². The van der Waals surface area contributed by atoms with E-state index in [1.807, 2.05) is 6.07 Å². The molecule has 3 aromatic carbocycles. The molecule has 4 unspecified atom stereocenters. The van der Waals surface area contributed by atoms with Crippen molar-refractivity contribution in [2.45, 2.75) is 113 Å². The number of rotatable bonds is 25. The second-order valence-corrected chi connectivity index (χ2v) is 23.3. The van der Waals surface area contributed by atoms with E-state index in [2.05, 4.69) is 15.3 Å². The number of hydrogen-bond donors (Lipinski definition) is 4. The van der Waals surface area contributed by atoms with Crippen LogP contribution in [0.1, 0.15) is 74.7 Å². The van der Waals surface area contributed by atoms with Crippen LogP contribution >= 0.6 is 39.1 Å². The Bertz CT molecular complexity index is 3470. The third kappa shape index (κ3) is 16.5. The van der Waals surface area contributed by atoms with Crippen molar-refractivity contribution in [2.75, 3.05) is 45.5 Å². The lowest BCUT2D eigenvalue weighted by atomic mass is 10.1. The minimum absolute atomic E-state index is 0.0436. The molecule has 32 heteroatoms. The number of hydrogen-bond acceptors (Lipinski definition) is 24. The van der Waals surface area contributed by atoms with Crippen molar-refractivity contribution in [1.29, 1.82) is 5.26 Å². The molecule has 0 aliphatic carbocycles. The number of phosphoric ester groups is 1. The number of benzene rings is 3. The Labute approximate surface area is 500 Å². The number of phosphoric acid groups is 1. The maximum atomic E-state index is 14.1. The smallest absolute Gasteiger partial charge is 0.497 e. The number of H-pyrrole nitrogens is 1. The van der Waals surface area contributed by atoms with Gasteiger partial charge in [-0.3, -0.25) is 42.1 Å². The number of para-hydroxylation sites is 2. The Morgan fingerprint density at radius 1 is 0.884 bits per heavy atom. The van der Waals surface area contributed by atoms with Gasteiger partial charge in [0.05, 0.1) is 49.3 Å². The van der Waals surface area contributed by atoms with E-state index in [0.717, 1.165) is 15.2 Å². The standard InChI is InChI=1S/C27H31ClN3O12P.C27H29ClN3O10P/c1-17(32)9-10-22(34)38-16-20-24(43-44(36,39-15-5-12-29)42-19-7-3-2-6-18(19)28)25(41-23-8-4-14-37-23)26(40-20)31-13-11-21(33)30-27(31)35;1-37-17-10-8-16(9-11-17)24(33)29-21-12-13-31(26(34)30-21)25-23(40-22-7-4-14-38-22)27(35,20(15-32)39-25)42(36)41-19-6-3-2-5-18(19)28/h2-3,6-7,11,13,20,23-26H,4-5,8-10,14-16H2,1H3,(H,30,33,35);2-3,5-6,8-13,20,22-23,25,32,35,42H,4,7,14-15H2,1H3,(H,29,30,33,34)/t20-,23?,24-,25-,26-,44?;20-,22?,23+,25-,27+/m11/s1. The second kappa shape index (κ2) is 30.3. The van der Waals surface area contributed by atoms with Crippen LogP contribution in [0.3, 0.4) is 0 Å². The number of carbonyl (C=O) groups excluding carboxylic acids is 3. The predicted molar refractivity (Wildman–Crippen MR) is 301 cm³/mol. The van der Waals surface area contributed by atoms with Crippen molar-refractivity contribution in [3.8, 4) is 23.3 Å². The molecule has 4 aliphatic rings. The monoisotopic (exact) mass is 1280 g/mol. The molecule has 86 heavy (non-hydrogen) atoms. The van der Waals surface area contributed by atoms with Crippen molar-refractivity contribution >= 4 is 62.5 Å². The van der Waals surface area contributed by atoms with Crippen LogP contribution in [0, 0.1) is 11.3 Å². The number of aromatic nitrogens is 4. The Morgan fingerprint density at radius 2 is 1.55 bits per heavy atom. The molecule has 0 radical (unpaired) electrons. The molecule has 12 atom stereocenters. The van der Waals surface area contributed by atoms with Crippen LogP contribution in [0.4, 0.5) is 5.82 Å². The average Bonchev–Trinajstić information content (AvgIpc) is 1.91. The number of aromatic amines is 1. The van der Waals surface area contributed by atoms with Crippen LogP contribution in [-0.4, -0.2) is 136 Å². The van der Waals surface area contributed by atoms with Gasteiger partial charge >= 0.3 is 25.2 Å². The van der Waals surface area contributed by atoms with E-state index in [-0.39, 0.29) is 59.0 Å². The van der Waals surface area contributed by atoms with E-state index in [1.165, 1.54) is 56.8 Å². The number of amides is 1. The molecule has 9 rings (SSSR count). The molecule has 28 nitrogen and oxygen atoms in total. The Kier molecular flexibility index (Phi) is 23.0. The van der Waals surface area contributed by atoms with Gasteiger partial charge in [0.15, 0.2) is 25.0 Å². The first kappa shape index (κ1) is 65.3. The van der Waals surface area contributed by atoms with Gasteiger partial charge in [-0.15, -0.1) is 0 Å². The summed E-state index contributed by atoms with van der Waals surface area (Å²) in [6.07, 6.45) is -6.78. The third-order valence-electron chi connectivity index (χ3n) is 13.4. The number of anilines is 1. The van der Waals surface area contributed by atoms with E-state index in [1.54, 1.807) is 48.5 Å².